The highest BCUT2D eigenvalue weighted by molar-refractivity contribution is 5.87. The molecular formula is C10H16O. The van der Waals surface area contributed by atoms with E-state index in [-0.39, 0.29) is 11.2 Å². The van der Waals surface area contributed by atoms with E-state index in [4.69, 9.17) is 0 Å². The Hall–Kier alpha value is -0.850. The Morgan fingerprint density at radius 2 is 1.82 bits per heavy atom. The van der Waals surface area contributed by atoms with Crippen LogP contribution < -0.4 is 0 Å². The van der Waals surface area contributed by atoms with Crippen LogP contribution in [0.3, 0.4) is 0 Å². The Labute approximate surface area is 68.8 Å². The van der Waals surface area contributed by atoms with Crippen molar-refractivity contribution in [2.75, 3.05) is 0 Å². The van der Waals surface area contributed by atoms with Gasteiger partial charge in [-0.25, -0.2) is 0 Å². The first-order valence-corrected chi connectivity index (χ1v) is 3.81. The first kappa shape index (κ1) is 10.2. The topological polar surface area (TPSA) is 17.1 Å². The molecule has 0 fully saturated rings. The average Bonchev–Trinajstić information content (AvgIpc) is 1.84. The minimum Gasteiger partial charge on any atom is -0.295 e. The first-order chi connectivity index (χ1) is 4.98. The smallest absolute Gasteiger partial charge is 0.152 e. The molecule has 62 valence electrons. The van der Waals surface area contributed by atoms with Gasteiger partial charge in [0.15, 0.2) is 5.78 Å². The van der Waals surface area contributed by atoms with Crippen LogP contribution in [-0.4, -0.2) is 5.78 Å². The van der Waals surface area contributed by atoms with Crippen LogP contribution in [0.5, 0.6) is 0 Å². The van der Waals surface area contributed by atoms with Crippen LogP contribution in [-0.2, 0) is 4.79 Å². The molecule has 0 atom stereocenters. The summed E-state index contributed by atoms with van der Waals surface area (Å²) < 4.78 is 0. The van der Waals surface area contributed by atoms with E-state index in [0.29, 0.717) is 0 Å². The van der Waals surface area contributed by atoms with Crippen molar-refractivity contribution in [3.8, 4) is 0 Å². The molecule has 0 amide bonds. The van der Waals surface area contributed by atoms with Crippen LogP contribution in [0.1, 0.15) is 27.7 Å². The van der Waals surface area contributed by atoms with E-state index >= 15 is 0 Å². The number of rotatable bonds is 3. The van der Waals surface area contributed by atoms with Crippen molar-refractivity contribution in [3.63, 3.8) is 0 Å². The van der Waals surface area contributed by atoms with E-state index < -0.39 is 0 Å². The maximum atomic E-state index is 10.6. The Kier molecular flexibility index (Phi) is 3.80. The normalized spacial score (nSPS) is 13.1. The van der Waals surface area contributed by atoms with Crippen LogP contribution in [0, 0.1) is 5.41 Å². The molecule has 0 radical (unpaired) electrons. The minimum atomic E-state index is 0.000417. The van der Waals surface area contributed by atoms with Gasteiger partial charge in [-0.2, -0.15) is 0 Å². The summed E-state index contributed by atoms with van der Waals surface area (Å²) in [5.74, 6) is 0.0996. The van der Waals surface area contributed by atoms with Crippen molar-refractivity contribution in [1.29, 1.82) is 0 Å². The van der Waals surface area contributed by atoms with Crippen molar-refractivity contribution in [3.05, 3.63) is 24.3 Å². The highest BCUT2D eigenvalue weighted by atomic mass is 16.1. The third kappa shape index (κ3) is 5.59. The number of carbonyl (C=O) groups excluding carboxylic acids is 1. The summed E-state index contributed by atoms with van der Waals surface area (Å²) in [6, 6.07) is 0. The monoisotopic (exact) mass is 152 g/mol. The second kappa shape index (κ2) is 4.12. The largest absolute Gasteiger partial charge is 0.295 e. The maximum absolute atomic E-state index is 10.6. The standard InChI is InChI=1S/C10H16O/c1-5-7-10(3,4)8-6-9(2)11/h5-8H,1-4H3/b7-5?,8-6-. The molecule has 0 saturated carbocycles. The molecule has 0 saturated heterocycles. The maximum Gasteiger partial charge on any atom is 0.152 e. The van der Waals surface area contributed by atoms with Gasteiger partial charge in [-0.15, -0.1) is 0 Å². The molecule has 0 unspecified atom stereocenters. The van der Waals surface area contributed by atoms with Gasteiger partial charge in [0.1, 0.15) is 0 Å². The molecule has 0 heterocycles. The van der Waals surface area contributed by atoms with Gasteiger partial charge < -0.3 is 0 Å². The minimum absolute atomic E-state index is 0.000417. The zero-order valence-corrected chi connectivity index (χ0v) is 7.72. The second-order valence-electron chi connectivity index (χ2n) is 3.27. The SMILES string of the molecule is CC=CC(C)(C)/C=C\C(C)=O. The van der Waals surface area contributed by atoms with Crippen LogP contribution in [0.4, 0.5) is 0 Å². The predicted octanol–water partition coefficient (Wildman–Crippen LogP) is 2.73. The molecule has 1 nitrogen and oxygen atoms in total. The van der Waals surface area contributed by atoms with Gasteiger partial charge in [-0.3, -0.25) is 4.79 Å². The van der Waals surface area contributed by atoms with E-state index in [1.165, 1.54) is 0 Å². The van der Waals surface area contributed by atoms with Gasteiger partial charge in [-0.05, 0) is 19.9 Å². The van der Waals surface area contributed by atoms with Crippen LogP contribution in [0.2, 0.25) is 0 Å². The van der Waals surface area contributed by atoms with E-state index in [1.54, 1.807) is 13.0 Å². The van der Waals surface area contributed by atoms with E-state index in [1.807, 2.05) is 19.1 Å². The first-order valence-electron chi connectivity index (χ1n) is 3.81. The lowest BCUT2D eigenvalue weighted by Gasteiger charge is -2.13. The van der Waals surface area contributed by atoms with Crippen molar-refractivity contribution in [1.82, 2.24) is 0 Å². The van der Waals surface area contributed by atoms with Crippen molar-refractivity contribution in [2.45, 2.75) is 27.7 Å². The van der Waals surface area contributed by atoms with Gasteiger partial charge >= 0.3 is 0 Å². The summed E-state index contributed by atoms with van der Waals surface area (Å²) >= 11 is 0. The lowest BCUT2D eigenvalue weighted by molar-refractivity contribution is -0.112. The van der Waals surface area contributed by atoms with Crippen LogP contribution >= 0.6 is 0 Å². The van der Waals surface area contributed by atoms with Crippen molar-refractivity contribution < 1.29 is 4.79 Å². The third-order valence-corrected chi connectivity index (χ3v) is 1.34. The summed E-state index contributed by atoms with van der Waals surface area (Å²) in [6.45, 7) is 7.66. The highest BCUT2D eigenvalue weighted by Crippen LogP contribution is 2.18. The fraction of sp³-hybridized carbons (Fsp3) is 0.500. The van der Waals surface area contributed by atoms with Crippen molar-refractivity contribution >= 4 is 5.78 Å². The zero-order valence-electron chi connectivity index (χ0n) is 7.72. The van der Waals surface area contributed by atoms with E-state index in [2.05, 4.69) is 19.9 Å². The molecule has 0 aromatic carbocycles. The molecule has 1 heteroatoms. The zero-order chi connectivity index (χ0) is 8.91. The number of hydrogen-bond donors (Lipinski definition) is 0. The average molecular weight is 152 g/mol. The van der Waals surface area contributed by atoms with Crippen LogP contribution in [0.25, 0.3) is 0 Å². The fourth-order valence-corrected chi connectivity index (χ4v) is 0.817. The Morgan fingerprint density at radius 1 is 1.27 bits per heavy atom. The fourth-order valence-electron chi connectivity index (χ4n) is 0.817. The molecule has 0 aliphatic heterocycles. The molecule has 0 rings (SSSR count). The molecule has 0 N–H and O–H groups in total. The van der Waals surface area contributed by atoms with Crippen LogP contribution in [0.15, 0.2) is 24.3 Å². The van der Waals surface area contributed by atoms with Gasteiger partial charge in [0.25, 0.3) is 0 Å². The van der Waals surface area contributed by atoms with E-state index in [9.17, 15) is 4.79 Å². The molecule has 0 aliphatic carbocycles. The molecule has 0 bridgehead atoms. The second-order valence-corrected chi connectivity index (χ2v) is 3.27. The Bertz CT molecular complexity index is 185. The summed E-state index contributed by atoms with van der Waals surface area (Å²) in [4.78, 5) is 10.6. The molecule has 0 aromatic rings. The van der Waals surface area contributed by atoms with Gasteiger partial charge in [0.05, 0.1) is 0 Å². The molecule has 11 heavy (non-hydrogen) atoms. The number of allylic oxidation sites excluding steroid dienone is 4. The molecule has 0 spiro atoms. The summed E-state index contributed by atoms with van der Waals surface area (Å²) in [5.41, 5.74) is 0.000417. The number of ketones is 1. The lowest BCUT2D eigenvalue weighted by Crippen LogP contribution is -2.02. The number of carbonyl (C=O) groups is 1. The van der Waals surface area contributed by atoms with E-state index in [0.717, 1.165) is 0 Å². The molecule has 0 aromatic heterocycles. The molecular weight excluding hydrogens is 136 g/mol. The molecule has 0 aliphatic rings. The summed E-state index contributed by atoms with van der Waals surface area (Å²) in [5, 5.41) is 0. The predicted molar refractivity (Wildman–Crippen MR) is 48.4 cm³/mol. The van der Waals surface area contributed by atoms with Gasteiger partial charge in [-0.1, -0.05) is 32.1 Å². The summed E-state index contributed by atoms with van der Waals surface area (Å²) in [6.07, 6.45) is 7.58. The Morgan fingerprint density at radius 3 is 2.18 bits per heavy atom. The van der Waals surface area contributed by atoms with Gasteiger partial charge in [0, 0.05) is 5.41 Å². The van der Waals surface area contributed by atoms with Gasteiger partial charge in [0.2, 0.25) is 0 Å². The Balaban J connectivity index is 4.22. The van der Waals surface area contributed by atoms with Crippen molar-refractivity contribution in [2.24, 2.45) is 5.41 Å². The lowest BCUT2D eigenvalue weighted by atomic mass is 9.92. The highest BCUT2D eigenvalue weighted by Gasteiger charge is 2.07. The third-order valence-electron chi connectivity index (χ3n) is 1.34. The number of hydrogen-bond acceptors (Lipinski definition) is 1. The summed E-state index contributed by atoms with van der Waals surface area (Å²) in [7, 11) is 0. The quantitative estimate of drug-likeness (QED) is 0.449.